The summed E-state index contributed by atoms with van der Waals surface area (Å²) in [5.74, 6) is 0.489. The third-order valence-corrected chi connectivity index (χ3v) is 13.0. The van der Waals surface area contributed by atoms with E-state index in [1.807, 2.05) is 23.9 Å². The second kappa shape index (κ2) is 26.2. The SMILES string of the molecule is CCC[C@@H]1C[C@@H](C(=O)N[C@@H]([C@H]2O[C@H](SC)[C@H](O)[C@@H](O)[C@H]2O)[C@@H](C)O)N(C)C1.CCC[C@@H]1C[C@@H](C(=O)N[C@@H]([C@H]2O[C@H](SC)[C@H](O)[C@@H](O)[C@H]2O)[C@@H](C)O)N(C)C1.Cl.Cl.O. The minimum atomic E-state index is -1.42. The van der Waals surface area contributed by atoms with Crippen molar-refractivity contribution in [2.24, 2.45) is 11.8 Å². The largest absolute Gasteiger partial charge is 0.412 e. The van der Waals surface area contributed by atoms with Crippen molar-refractivity contribution in [3.63, 3.8) is 0 Å². The number of hydrogen-bond donors (Lipinski definition) is 10. The summed E-state index contributed by atoms with van der Waals surface area (Å²) in [5.41, 5.74) is -1.51. The first-order valence-corrected chi connectivity index (χ1v) is 21.8. The molecule has 17 nitrogen and oxygen atoms in total. The number of nitrogens with one attached hydrogen (secondary N) is 2. The minimum absolute atomic E-state index is 0. The van der Waals surface area contributed by atoms with E-state index in [1.165, 1.54) is 37.4 Å². The number of nitrogens with zero attached hydrogens (tertiary/aromatic N) is 2. The highest BCUT2D eigenvalue weighted by atomic mass is 35.5. The molecule has 0 unspecified atom stereocenters. The molecule has 4 heterocycles. The molecule has 18 atom stereocenters. The molecule has 0 spiro atoms. The lowest BCUT2D eigenvalue weighted by Gasteiger charge is -2.44. The normalized spacial score (nSPS) is 37.8. The Morgan fingerprint density at radius 2 is 0.965 bits per heavy atom. The highest BCUT2D eigenvalue weighted by Gasteiger charge is 2.50. The first-order chi connectivity index (χ1) is 25.4. The predicted molar refractivity (Wildman–Crippen MR) is 225 cm³/mol. The van der Waals surface area contributed by atoms with Gasteiger partial charge in [0.1, 0.15) is 59.7 Å². The van der Waals surface area contributed by atoms with E-state index in [0.717, 1.165) is 51.6 Å². The summed E-state index contributed by atoms with van der Waals surface area (Å²) in [6.07, 6.45) is -2.99. The number of carbonyl (C=O) groups is 2. The molecule has 21 heteroatoms. The number of halogens is 2. The maximum atomic E-state index is 12.8. The monoisotopic (exact) mass is 902 g/mol. The lowest BCUT2D eigenvalue weighted by molar-refractivity contribution is -0.211. The Balaban J connectivity index is 0.00000105. The zero-order valence-electron chi connectivity index (χ0n) is 34.3. The third-order valence-electron chi connectivity index (χ3n) is 11.3. The lowest BCUT2D eigenvalue weighted by Crippen LogP contribution is -2.65. The average Bonchev–Trinajstić information content (AvgIpc) is 3.69. The number of ether oxygens (including phenoxy) is 2. The molecule has 2 amide bonds. The molecule has 0 bridgehead atoms. The molecule has 340 valence electrons. The van der Waals surface area contributed by atoms with Gasteiger partial charge in [-0.25, -0.2) is 0 Å². The van der Waals surface area contributed by atoms with Crippen LogP contribution in [0.15, 0.2) is 0 Å². The molecule has 0 aromatic heterocycles. The molecular formula is C36H72Cl2N4O13S2. The van der Waals surface area contributed by atoms with Gasteiger partial charge in [0.05, 0.1) is 36.4 Å². The van der Waals surface area contributed by atoms with Crippen LogP contribution in [-0.4, -0.2) is 204 Å². The van der Waals surface area contributed by atoms with E-state index in [2.05, 4.69) is 24.5 Å². The first-order valence-electron chi connectivity index (χ1n) is 19.2. The zero-order chi connectivity index (χ0) is 40.6. The molecule has 4 saturated heterocycles. The molecule has 12 N–H and O–H groups in total. The molecule has 4 aliphatic heterocycles. The Morgan fingerprint density at radius 1 is 0.649 bits per heavy atom. The molecule has 4 rings (SSSR count). The van der Waals surface area contributed by atoms with Crippen molar-refractivity contribution in [3.8, 4) is 0 Å². The maximum Gasteiger partial charge on any atom is 0.237 e. The second-order valence-corrected chi connectivity index (χ2v) is 17.5. The Labute approximate surface area is 358 Å². The number of aliphatic hydroxyl groups is 8. The molecule has 0 aliphatic carbocycles. The summed E-state index contributed by atoms with van der Waals surface area (Å²) in [7, 11) is 3.82. The van der Waals surface area contributed by atoms with E-state index in [4.69, 9.17) is 9.47 Å². The predicted octanol–water partition coefficient (Wildman–Crippen LogP) is -1.70. The Bertz CT molecular complexity index is 1090. The van der Waals surface area contributed by atoms with Crippen molar-refractivity contribution in [1.82, 2.24) is 20.4 Å². The van der Waals surface area contributed by atoms with Gasteiger partial charge in [-0.1, -0.05) is 26.7 Å². The Hall–Kier alpha value is -0.300. The van der Waals surface area contributed by atoms with E-state index in [0.29, 0.717) is 11.8 Å². The maximum absolute atomic E-state index is 12.8. The number of rotatable bonds is 14. The highest BCUT2D eigenvalue weighted by molar-refractivity contribution is 7.99. The fourth-order valence-electron chi connectivity index (χ4n) is 8.26. The molecule has 4 fully saturated rings. The second-order valence-electron chi connectivity index (χ2n) is 15.6. The van der Waals surface area contributed by atoms with Gasteiger partial charge >= 0.3 is 0 Å². The van der Waals surface area contributed by atoms with Gasteiger partial charge in [-0.15, -0.1) is 48.3 Å². The van der Waals surface area contributed by atoms with Crippen LogP contribution in [0.3, 0.4) is 0 Å². The number of carbonyl (C=O) groups excluding carboxylic acids is 2. The zero-order valence-corrected chi connectivity index (χ0v) is 37.6. The number of likely N-dealkylation sites (N-methyl/N-ethyl adjacent to an activating group) is 2. The topological polar surface area (TPSA) is 276 Å². The van der Waals surface area contributed by atoms with E-state index in [9.17, 15) is 50.4 Å². The van der Waals surface area contributed by atoms with Gasteiger partial charge < -0.3 is 66.4 Å². The van der Waals surface area contributed by atoms with E-state index < -0.39 is 84.0 Å². The quantitative estimate of drug-likeness (QED) is 0.0931. The Kier molecular flexibility index (Phi) is 26.1. The van der Waals surface area contributed by atoms with Crippen molar-refractivity contribution >= 4 is 60.2 Å². The van der Waals surface area contributed by atoms with Gasteiger partial charge in [0.15, 0.2) is 0 Å². The van der Waals surface area contributed by atoms with Gasteiger partial charge in [-0.3, -0.25) is 19.4 Å². The first kappa shape index (κ1) is 56.7. The van der Waals surface area contributed by atoms with Gasteiger partial charge in [0.2, 0.25) is 11.8 Å². The van der Waals surface area contributed by atoms with Gasteiger partial charge in [0.25, 0.3) is 0 Å². The van der Waals surface area contributed by atoms with Crippen molar-refractivity contribution in [2.75, 3.05) is 39.7 Å². The van der Waals surface area contributed by atoms with Gasteiger partial charge in [0, 0.05) is 13.1 Å². The fraction of sp³-hybridized carbons (Fsp3) is 0.944. The summed E-state index contributed by atoms with van der Waals surface area (Å²) in [6.45, 7) is 8.97. The van der Waals surface area contributed by atoms with E-state index in [-0.39, 0.29) is 54.2 Å². The van der Waals surface area contributed by atoms with Gasteiger partial charge in [-0.05, 0) is 78.0 Å². The van der Waals surface area contributed by atoms with Crippen molar-refractivity contribution in [2.45, 2.75) is 162 Å². The van der Waals surface area contributed by atoms with Crippen LogP contribution in [0.1, 0.15) is 66.2 Å². The third kappa shape index (κ3) is 14.4. The number of thioether (sulfide) groups is 2. The van der Waals surface area contributed by atoms with Crippen LogP contribution in [0.4, 0.5) is 0 Å². The van der Waals surface area contributed by atoms with E-state index in [1.54, 1.807) is 12.5 Å². The molecule has 4 aliphatic rings. The van der Waals surface area contributed by atoms with Crippen LogP contribution < -0.4 is 10.6 Å². The summed E-state index contributed by atoms with van der Waals surface area (Å²) in [4.78, 5) is 29.7. The van der Waals surface area contributed by atoms with Crippen LogP contribution in [-0.2, 0) is 19.1 Å². The minimum Gasteiger partial charge on any atom is -0.412 e. The number of amides is 2. The van der Waals surface area contributed by atoms with E-state index >= 15 is 0 Å². The summed E-state index contributed by atoms with van der Waals surface area (Å²) >= 11 is 2.39. The van der Waals surface area contributed by atoms with Crippen LogP contribution in [0, 0.1) is 11.8 Å². The molecule has 0 radical (unpaired) electrons. The fourth-order valence-corrected chi connectivity index (χ4v) is 9.62. The van der Waals surface area contributed by atoms with Crippen molar-refractivity contribution in [1.29, 1.82) is 0 Å². The van der Waals surface area contributed by atoms with Crippen LogP contribution in [0.25, 0.3) is 0 Å². The van der Waals surface area contributed by atoms with Crippen molar-refractivity contribution in [3.05, 3.63) is 0 Å². The average molecular weight is 904 g/mol. The summed E-state index contributed by atoms with van der Waals surface area (Å²) < 4.78 is 11.4. The summed E-state index contributed by atoms with van der Waals surface area (Å²) in [6, 6.07) is -2.39. The van der Waals surface area contributed by atoms with Gasteiger partial charge in [-0.2, -0.15) is 0 Å². The molecule has 57 heavy (non-hydrogen) atoms. The molecular weight excluding hydrogens is 831 g/mol. The smallest absolute Gasteiger partial charge is 0.237 e. The summed E-state index contributed by atoms with van der Waals surface area (Å²) in [5, 5.41) is 87.1. The lowest BCUT2D eigenvalue weighted by atomic mass is 9.92. The number of aliphatic hydroxyl groups excluding tert-OH is 8. The van der Waals surface area contributed by atoms with Crippen LogP contribution in [0.2, 0.25) is 0 Å². The molecule has 0 aromatic rings. The molecule has 0 saturated carbocycles. The standard InChI is InChI=1S/2C18H34N2O6S.2ClH.H2O/c2*1-5-6-10-7-11(20(3)8-10)17(25)19-12(9(2)21)16-14(23)13(22)15(24)18(26-16)27-4;;;/h2*9-16,18,21-24H,5-8H2,1-4H3,(H,19,25);2*1H;1H2/t2*9-,10-,11+,12-,13+,14-,15-,16-,18-;;;/m11.../s1. The van der Waals surface area contributed by atoms with Crippen LogP contribution in [0.5, 0.6) is 0 Å². The van der Waals surface area contributed by atoms with Crippen molar-refractivity contribution < 1.29 is 65.4 Å². The highest BCUT2D eigenvalue weighted by Crippen LogP contribution is 2.32. The number of likely N-dealkylation sites (tertiary alicyclic amines) is 2. The Morgan fingerprint density at radius 3 is 1.23 bits per heavy atom. The van der Waals surface area contributed by atoms with Crippen LogP contribution >= 0.6 is 48.3 Å². The number of hydrogen-bond acceptors (Lipinski definition) is 16. The molecule has 0 aromatic carbocycles.